The Labute approximate surface area is 72.3 Å². The lowest BCUT2D eigenvalue weighted by atomic mass is 10.2. The zero-order chi connectivity index (χ0) is 7.33. The first kappa shape index (κ1) is 9.93. The van der Waals surface area contributed by atoms with Crippen LogP contribution >= 0.6 is 35.8 Å². The first-order chi connectivity index (χ1) is 4.12. The normalized spacial score (nSPS) is 12.0. The quantitative estimate of drug-likeness (QED) is 0.506. The second kappa shape index (κ2) is 4.70. The van der Waals surface area contributed by atoms with Crippen LogP contribution < -0.4 is 0 Å². The topological polar surface area (TPSA) is 0 Å². The SMILES string of the molecule is CCCCC(Cl)(Cl)CS. The molecular formula is C6H12Cl2S. The van der Waals surface area contributed by atoms with E-state index < -0.39 is 4.33 Å². The Kier molecular flexibility index (Phi) is 5.19. The largest absolute Gasteiger partial charge is 0.176 e. The van der Waals surface area contributed by atoms with Crippen LogP contribution in [0.4, 0.5) is 0 Å². The number of thiol groups is 1. The van der Waals surface area contributed by atoms with Gasteiger partial charge in [0.15, 0.2) is 0 Å². The van der Waals surface area contributed by atoms with Gasteiger partial charge in [-0.3, -0.25) is 0 Å². The summed E-state index contributed by atoms with van der Waals surface area (Å²) in [6.07, 6.45) is 3.05. The maximum atomic E-state index is 5.79. The van der Waals surface area contributed by atoms with Crippen LogP contribution in [0.2, 0.25) is 0 Å². The molecule has 0 aliphatic carbocycles. The molecule has 0 aliphatic rings. The van der Waals surface area contributed by atoms with Crippen molar-refractivity contribution >= 4 is 35.8 Å². The molecule has 0 rings (SSSR count). The Morgan fingerprint density at radius 1 is 1.44 bits per heavy atom. The molecule has 0 saturated heterocycles. The number of hydrogen-bond acceptors (Lipinski definition) is 1. The zero-order valence-electron chi connectivity index (χ0n) is 5.53. The summed E-state index contributed by atoms with van der Waals surface area (Å²) < 4.78 is -0.598. The third kappa shape index (κ3) is 5.38. The molecule has 0 atom stereocenters. The van der Waals surface area contributed by atoms with Gasteiger partial charge in [-0.25, -0.2) is 0 Å². The molecule has 0 aromatic heterocycles. The maximum absolute atomic E-state index is 5.79. The van der Waals surface area contributed by atoms with Crippen molar-refractivity contribution in [2.45, 2.75) is 30.5 Å². The van der Waals surface area contributed by atoms with E-state index in [9.17, 15) is 0 Å². The average molecular weight is 187 g/mol. The smallest absolute Gasteiger partial charge is 0.127 e. The monoisotopic (exact) mass is 186 g/mol. The van der Waals surface area contributed by atoms with E-state index in [-0.39, 0.29) is 0 Å². The van der Waals surface area contributed by atoms with Gasteiger partial charge in [0.25, 0.3) is 0 Å². The molecule has 0 unspecified atom stereocenters. The van der Waals surface area contributed by atoms with Crippen LogP contribution in [0.15, 0.2) is 0 Å². The van der Waals surface area contributed by atoms with E-state index in [1.54, 1.807) is 0 Å². The summed E-state index contributed by atoms with van der Waals surface area (Å²) in [5.74, 6) is 0.538. The predicted octanol–water partition coefficient (Wildman–Crippen LogP) is 3.28. The lowest BCUT2D eigenvalue weighted by molar-refractivity contribution is 0.677. The molecular weight excluding hydrogens is 175 g/mol. The fourth-order valence-corrected chi connectivity index (χ4v) is 0.940. The van der Waals surface area contributed by atoms with Crippen molar-refractivity contribution in [1.29, 1.82) is 0 Å². The van der Waals surface area contributed by atoms with Crippen LogP contribution in [0.3, 0.4) is 0 Å². The molecule has 0 saturated carbocycles. The van der Waals surface area contributed by atoms with Crippen molar-refractivity contribution in [3.63, 3.8) is 0 Å². The lowest BCUT2D eigenvalue weighted by Gasteiger charge is -2.14. The fourth-order valence-electron chi connectivity index (χ4n) is 0.514. The van der Waals surface area contributed by atoms with Gasteiger partial charge in [-0.2, -0.15) is 12.6 Å². The minimum Gasteiger partial charge on any atom is -0.176 e. The summed E-state index contributed by atoms with van der Waals surface area (Å²) >= 11 is 15.6. The summed E-state index contributed by atoms with van der Waals surface area (Å²) in [4.78, 5) is 0. The van der Waals surface area contributed by atoms with E-state index >= 15 is 0 Å². The van der Waals surface area contributed by atoms with Crippen LogP contribution in [-0.2, 0) is 0 Å². The molecule has 3 heteroatoms. The number of alkyl halides is 2. The van der Waals surface area contributed by atoms with E-state index in [0.717, 1.165) is 19.3 Å². The van der Waals surface area contributed by atoms with Crippen molar-refractivity contribution in [3.05, 3.63) is 0 Å². The summed E-state index contributed by atoms with van der Waals surface area (Å²) in [6, 6.07) is 0. The molecule has 0 radical (unpaired) electrons. The molecule has 56 valence electrons. The molecule has 0 spiro atoms. The Morgan fingerprint density at radius 3 is 2.33 bits per heavy atom. The molecule has 0 fully saturated rings. The second-order valence-electron chi connectivity index (χ2n) is 2.12. The molecule has 0 nitrogen and oxygen atoms in total. The van der Waals surface area contributed by atoms with Crippen LogP contribution in [0.5, 0.6) is 0 Å². The molecule has 0 aromatic carbocycles. The first-order valence-corrected chi connectivity index (χ1v) is 4.50. The van der Waals surface area contributed by atoms with E-state index in [4.69, 9.17) is 23.2 Å². The minimum absolute atomic E-state index is 0.538. The van der Waals surface area contributed by atoms with Gasteiger partial charge >= 0.3 is 0 Å². The van der Waals surface area contributed by atoms with Crippen molar-refractivity contribution in [2.75, 3.05) is 5.75 Å². The average Bonchev–Trinajstić information content (AvgIpc) is 1.84. The second-order valence-corrected chi connectivity index (χ2v) is 4.07. The maximum Gasteiger partial charge on any atom is 0.127 e. The Hall–Kier alpha value is 0.930. The van der Waals surface area contributed by atoms with Crippen molar-refractivity contribution in [2.24, 2.45) is 0 Å². The number of unbranched alkanes of at least 4 members (excludes halogenated alkanes) is 1. The van der Waals surface area contributed by atoms with Crippen LogP contribution in [0.25, 0.3) is 0 Å². The van der Waals surface area contributed by atoms with E-state index in [0.29, 0.717) is 5.75 Å². The third-order valence-corrected chi connectivity index (χ3v) is 2.69. The van der Waals surface area contributed by atoms with Gasteiger partial charge in [0, 0.05) is 5.75 Å². The highest BCUT2D eigenvalue weighted by molar-refractivity contribution is 7.80. The molecule has 0 N–H and O–H groups in total. The molecule has 0 bridgehead atoms. The highest BCUT2D eigenvalue weighted by atomic mass is 35.5. The van der Waals surface area contributed by atoms with Crippen molar-refractivity contribution in [1.82, 2.24) is 0 Å². The number of hydrogen-bond donors (Lipinski definition) is 1. The van der Waals surface area contributed by atoms with Crippen LogP contribution in [0, 0.1) is 0 Å². The van der Waals surface area contributed by atoms with Gasteiger partial charge in [0.1, 0.15) is 4.33 Å². The van der Waals surface area contributed by atoms with E-state index in [1.165, 1.54) is 0 Å². The van der Waals surface area contributed by atoms with Crippen molar-refractivity contribution in [3.8, 4) is 0 Å². The van der Waals surface area contributed by atoms with E-state index in [2.05, 4.69) is 19.6 Å². The zero-order valence-corrected chi connectivity index (χ0v) is 7.94. The van der Waals surface area contributed by atoms with Gasteiger partial charge in [0.05, 0.1) is 0 Å². The third-order valence-electron chi connectivity index (χ3n) is 1.13. The first-order valence-electron chi connectivity index (χ1n) is 3.11. The minimum atomic E-state index is -0.598. The number of rotatable bonds is 4. The van der Waals surface area contributed by atoms with Crippen LogP contribution in [-0.4, -0.2) is 10.1 Å². The standard InChI is InChI=1S/C6H12Cl2S/c1-2-3-4-6(7,8)5-9/h9H,2-5H2,1H3. The summed E-state index contributed by atoms with van der Waals surface area (Å²) in [5.41, 5.74) is 0. The van der Waals surface area contributed by atoms with Gasteiger partial charge < -0.3 is 0 Å². The fraction of sp³-hybridized carbons (Fsp3) is 1.00. The molecule has 0 amide bonds. The highest BCUT2D eigenvalue weighted by Gasteiger charge is 2.19. The van der Waals surface area contributed by atoms with Gasteiger partial charge in [-0.05, 0) is 6.42 Å². The lowest BCUT2D eigenvalue weighted by Crippen LogP contribution is -2.13. The predicted molar refractivity (Wildman–Crippen MR) is 47.8 cm³/mol. The molecule has 0 aliphatic heterocycles. The Morgan fingerprint density at radius 2 is 2.00 bits per heavy atom. The van der Waals surface area contributed by atoms with Crippen molar-refractivity contribution < 1.29 is 0 Å². The highest BCUT2D eigenvalue weighted by Crippen LogP contribution is 2.28. The molecule has 0 aromatic rings. The Bertz CT molecular complexity index is 73.5. The molecule has 9 heavy (non-hydrogen) atoms. The van der Waals surface area contributed by atoms with E-state index in [1.807, 2.05) is 0 Å². The number of halogens is 2. The summed E-state index contributed by atoms with van der Waals surface area (Å²) in [7, 11) is 0. The summed E-state index contributed by atoms with van der Waals surface area (Å²) in [5, 5.41) is 0. The molecule has 0 heterocycles. The van der Waals surface area contributed by atoms with Gasteiger partial charge in [0.2, 0.25) is 0 Å². The van der Waals surface area contributed by atoms with Gasteiger partial charge in [-0.15, -0.1) is 23.2 Å². The van der Waals surface area contributed by atoms with Gasteiger partial charge in [-0.1, -0.05) is 19.8 Å². The Balaban J connectivity index is 3.33. The van der Waals surface area contributed by atoms with Crippen LogP contribution in [0.1, 0.15) is 26.2 Å². The summed E-state index contributed by atoms with van der Waals surface area (Å²) in [6.45, 7) is 2.11.